The molecule has 0 radical (unpaired) electrons. The largest absolute Gasteiger partial charge is 0.313 e. The molecule has 1 nitrogen and oxygen atoms in total. The highest BCUT2D eigenvalue weighted by Gasteiger charge is 2.09. The zero-order chi connectivity index (χ0) is 8.10. The van der Waals surface area contributed by atoms with E-state index in [-0.39, 0.29) is 0 Å². The Bertz CT molecular complexity index is 129. The molecular formula is C10H19N. The van der Waals surface area contributed by atoms with Crippen LogP contribution in [-0.2, 0) is 0 Å². The van der Waals surface area contributed by atoms with E-state index in [2.05, 4.69) is 31.3 Å². The average molecular weight is 153 g/mol. The molecule has 1 unspecified atom stereocenters. The molecule has 1 rings (SSSR count). The fourth-order valence-electron chi connectivity index (χ4n) is 1.47. The van der Waals surface area contributed by atoms with Gasteiger partial charge in [0.2, 0.25) is 0 Å². The second-order valence-corrected chi connectivity index (χ2v) is 3.61. The van der Waals surface area contributed by atoms with E-state index >= 15 is 0 Å². The van der Waals surface area contributed by atoms with Gasteiger partial charge >= 0.3 is 0 Å². The lowest BCUT2D eigenvalue weighted by atomic mass is 9.91. The van der Waals surface area contributed by atoms with E-state index in [9.17, 15) is 0 Å². The van der Waals surface area contributed by atoms with Gasteiger partial charge in [-0.3, -0.25) is 0 Å². The first-order valence-corrected chi connectivity index (χ1v) is 4.68. The molecule has 0 aromatic heterocycles. The second-order valence-electron chi connectivity index (χ2n) is 3.61. The number of rotatable bonds is 0. The molecule has 1 N–H and O–H groups in total. The van der Waals surface area contributed by atoms with Crippen LogP contribution in [0.1, 0.15) is 26.7 Å². The SMILES string of the molecule is CC1/C=C\CNCCC[C@H]1C. The highest BCUT2D eigenvalue weighted by atomic mass is 14.8. The first-order chi connectivity index (χ1) is 5.30. The van der Waals surface area contributed by atoms with E-state index in [0.29, 0.717) is 0 Å². The molecule has 1 heterocycles. The summed E-state index contributed by atoms with van der Waals surface area (Å²) < 4.78 is 0. The number of hydrogen-bond acceptors (Lipinski definition) is 1. The molecule has 1 aliphatic rings. The predicted octanol–water partition coefficient (Wildman–Crippen LogP) is 2.20. The van der Waals surface area contributed by atoms with Gasteiger partial charge in [0.05, 0.1) is 0 Å². The normalized spacial score (nSPS) is 36.9. The second kappa shape index (κ2) is 4.55. The molecule has 0 bridgehead atoms. The summed E-state index contributed by atoms with van der Waals surface area (Å²) in [5, 5.41) is 3.38. The summed E-state index contributed by atoms with van der Waals surface area (Å²) in [6.45, 7) is 6.89. The smallest absolute Gasteiger partial charge is 0.0134 e. The molecule has 0 aliphatic carbocycles. The average Bonchev–Trinajstić information content (AvgIpc) is 2.07. The van der Waals surface area contributed by atoms with E-state index < -0.39 is 0 Å². The molecule has 0 saturated carbocycles. The van der Waals surface area contributed by atoms with E-state index in [1.54, 1.807) is 0 Å². The summed E-state index contributed by atoms with van der Waals surface area (Å²) in [4.78, 5) is 0. The van der Waals surface area contributed by atoms with Crippen LogP contribution in [0.5, 0.6) is 0 Å². The van der Waals surface area contributed by atoms with Crippen LogP contribution in [0.4, 0.5) is 0 Å². The van der Waals surface area contributed by atoms with Crippen molar-refractivity contribution in [1.82, 2.24) is 5.32 Å². The lowest BCUT2D eigenvalue weighted by molar-refractivity contribution is 0.416. The Morgan fingerprint density at radius 3 is 3.00 bits per heavy atom. The van der Waals surface area contributed by atoms with Gasteiger partial charge in [0.1, 0.15) is 0 Å². The van der Waals surface area contributed by atoms with E-state index in [4.69, 9.17) is 0 Å². The van der Waals surface area contributed by atoms with E-state index in [0.717, 1.165) is 18.4 Å². The van der Waals surface area contributed by atoms with Crippen molar-refractivity contribution < 1.29 is 0 Å². The monoisotopic (exact) mass is 153 g/mol. The van der Waals surface area contributed by atoms with Gasteiger partial charge in [-0.25, -0.2) is 0 Å². The molecule has 0 fully saturated rings. The maximum atomic E-state index is 3.38. The summed E-state index contributed by atoms with van der Waals surface area (Å²) in [6, 6.07) is 0. The molecule has 0 aromatic carbocycles. The van der Waals surface area contributed by atoms with Gasteiger partial charge in [-0.2, -0.15) is 0 Å². The van der Waals surface area contributed by atoms with E-state index in [1.165, 1.54) is 19.4 Å². The Balaban J connectivity index is 2.42. The van der Waals surface area contributed by atoms with Crippen molar-refractivity contribution >= 4 is 0 Å². The van der Waals surface area contributed by atoms with Crippen molar-refractivity contribution in [1.29, 1.82) is 0 Å². The molecule has 11 heavy (non-hydrogen) atoms. The minimum Gasteiger partial charge on any atom is -0.313 e. The Morgan fingerprint density at radius 1 is 1.36 bits per heavy atom. The summed E-state index contributed by atoms with van der Waals surface area (Å²) in [6.07, 6.45) is 7.28. The van der Waals surface area contributed by atoms with Crippen LogP contribution in [0.25, 0.3) is 0 Å². The minimum absolute atomic E-state index is 0.759. The van der Waals surface area contributed by atoms with Crippen molar-refractivity contribution in [2.45, 2.75) is 26.7 Å². The third-order valence-corrected chi connectivity index (χ3v) is 2.61. The quantitative estimate of drug-likeness (QED) is 0.526. The van der Waals surface area contributed by atoms with Gasteiger partial charge in [0, 0.05) is 6.54 Å². The fourth-order valence-corrected chi connectivity index (χ4v) is 1.47. The van der Waals surface area contributed by atoms with Crippen LogP contribution in [0.3, 0.4) is 0 Å². The van der Waals surface area contributed by atoms with Gasteiger partial charge in [-0.15, -0.1) is 0 Å². The molecule has 1 heteroatoms. The summed E-state index contributed by atoms with van der Waals surface area (Å²) in [5.41, 5.74) is 0. The zero-order valence-corrected chi connectivity index (χ0v) is 7.64. The van der Waals surface area contributed by atoms with Crippen LogP contribution in [-0.4, -0.2) is 13.1 Å². The molecule has 0 aromatic rings. The van der Waals surface area contributed by atoms with Crippen molar-refractivity contribution in [2.75, 3.05) is 13.1 Å². The zero-order valence-electron chi connectivity index (χ0n) is 7.64. The van der Waals surface area contributed by atoms with Crippen LogP contribution in [0, 0.1) is 11.8 Å². The predicted molar refractivity (Wildman–Crippen MR) is 49.6 cm³/mol. The first-order valence-electron chi connectivity index (χ1n) is 4.68. The minimum atomic E-state index is 0.759. The number of nitrogens with one attached hydrogen (secondary N) is 1. The first kappa shape index (κ1) is 8.79. The Hall–Kier alpha value is -0.300. The Kier molecular flexibility index (Phi) is 3.64. The van der Waals surface area contributed by atoms with Gasteiger partial charge in [-0.05, 0) is 31.2 Å². The summed E-state index contributed by atoms with van der Waals surface area (Å²) >= 11 is 0. The van der Waals surface area contributed by atoms with Crippen molar-refractivity contribution in [2.24, 2.45) is 11.8 Å². The molecule has 0 amide bonds. The third kappa shape index (κ3) is 3.06. The van der Waals surface area contributed by atoms with Crippen LogP contribution in [0.2, 0.25) is 0 Å². The van der Waals surface area contributed by atoms with Crippen LogP contribution < -0.4 is 5.32 Å². The van der Waals surface area contributed by atoms with Crippen molar-refractivity contribution in [3.8, 4) is 0 Å². The van der Waals surface area contributed by atoms with Gasteiger partial charge in [-0.1, -0.05) is 26.0 Å². The van der Waals surface area contributed by atoms with E-state index in [1.807, 2.05) is 0 Å². The van der Waals surface area contributed by atoms with Gasteiger partial charge in [0.15, 0.2) is 0 Å². The molecule has 2 atom stereocenters. The standard InChI is InChI=1S/C10H19N/c1-9-5-3-7-11-8-4-6-10(9)2/h3,5,9-11H,4,6-8H2,1-2H3/b5-3-/t9?,10-/m1/s1. The van der Waals surface area contributed by atoms with Crippen LogP contribution >= 0.6 is 0 Å². The molecule has 64 valence electrons. The number of allylic oxidation sites excluding steroid dienone is 1. The highest BCUT2D eigenvalue weighted by Crippen LogP contribution is 2.18. The molecular weight excluding hydrogens is 134 g/mol. The van der Waals surface area contributed by atoms with Gasteiger partial charge in [0.25, 0.3) is 0 Å². The fraction of sp³-hybridized carbons (Fsp3) is 0.800. The Labute approximate surface area is 69.9 Å². The topological polar surface area (TPSA) is 12.0 Å². The summed E-state index contributed by atoms with van der Waals surface area (Å²) in [5.74, 6) is 1.61. The maximum absolute atomic E-state index is 3.38. The highest BCUT2D eigenvalue weighted by molar-refractivity contribution is 4.91. The van der Waals surface area contributed by atoms with Crippen LogP contribution in [0.15, 0.2) is 12.2 Å². The third-order valence-electron chi connectivity index (χ3n) is 2.61. The molecule has 0 saturated heterocycles. The maximum Gasteiger partial charge on any atom is 0.0134 e. The molecule has 1 aliphatic heterocycles. The van der Waals surface area contributed by atoms with Crippen molar-refractivity contribution in [3.63, 3.8) is 0 Å². The summed E-state index contributed by atoms with van der Waals surface area (Å²) in [7, 11) is 0. The molecule has 0 spiro atoms. The lowest BCUT2D eigenvalue weighted by Gasteiger charge is -2.14. The van der Waals surface area contributed by atoms with Gasteiger partial charge < -0.3 is 5.32 Å². The Morgan fingerprint density at radius 2 is 2.18 bits per heavy atom. The number of hydrogen-bond donors (Lipinski definition) is 1. The van der Waals surface area contributed by atoms with Crippen molar-refractivity contribution in [3.05, 3.63) is 12.2 Å². The lowest BCUT2D eigenvalue weighted by Crippen LogP contribution is -2.14.